The van der Waals surface area contributed by atoms with Gasteiger partial charge in [0.05, 0.1) is 46.8 Å². The number of aliphatic hydroxyl groups excluding tert-OH is 1. The minimum Gasteiger partial charge on any atom is -0.497 e. The molecule has 0 saturated heterocycles. The molecule has 1 unspecified atom stereocenters. The molecule has 2 atom stereocenters. The number of anilines is 1. The molecule has 2 aromatic heterocycles. The first-order valence-electron chi connectivity index (χ1n) is 10.0. The number of methoxy groups -OCH3 is 1. The van der Waals surface area contributed by atoms with Crippen LogP contribution in [0.3, 0.4) is 0 Å². The van der Waals surface area contributed by atoms with E-state index in [0.29, 0.717) is 0 Å². The quantitative estimate of drug-likeness (QED) is 0.511. The Balaban J connectivity index is 1.39. The molecule has 0 aliphatic heterocycles. The Labute approximate surface area is 173 Å². The summed E-state index contributed by atoms with van der Waals surface area (Å²) in [5.74, 6) is 0.831. The number of rotatable bonds is 5. The molecule has 2 aromatic carbocycles. The van der Waals surface area contributed by atoms with Crippen molar-refractivity contribution >= 4 is 37.7 Å². The standard InChI is InChI=1S/C22H24N4O2S/c1-28-15-7-9-16-19(11-15)26(13-23-16)12-14-6-8-18-21(10-14)29-22(25-18)24-17-4-2-3-5-20(17)27/h6-11,13,17,20,27H,2-5,12H2,1H3,(H,24,25)/t17-,20?/m1/s1. The van der Waals surface area contributed by atoms with Crippen molar-refractivity contribution in [2.45, 2.75) is 44.4 Å². The molecule has 0 radical (unpaired) electrons. The second kappa shape index (κ2) is 7.65. The molecule has 1 fully saturated rings. The topological polar surface area (TPSA) is 72.2 Å². The average molecular weight is 409 g/mol. The number of nitrogens with one attached hydrogen (secondary N) is 1. The maximum atomic E-state index is 10.2. The molecule has 0 amide bonds. The lowest BCUT2D eigenvalue weighted by Gasteiger charge is -2.27. The molecule has 1 aliphatic rings. The lowest BCUT2D eigenvalue weighted by Crippen LogP contribution is -2.36. The molecule has 0 spiro atoms. The second-order valence-corrected chi connectivity index (χ2v) is 8.68. The fourth-order valence-corrected chi connectivity index (χ4v) is 5.04. The highest BCUT2D eigenvalue weighted by Gasteiger charge is 2.23. The van der Waals surface area contributed by atoms with Gasteiger partial charge in [0.2, 0.25) is 0 Å². The summed E-state index contributed by atoms with van der Waals surface area (Å²) in [5.41, 5.74) is 4.21. The fraction of sp³-hybridized carbons (Fsp3) is 0.364. The van der Waals surface area contributed by atoms with Crippen molar-refractivity contribution in [1.82, 2.24) is 14.5 Å². The molecule has 6 nitrogen and oxygen atoms in total. The minimum atomic E-state index is -0.280. The summed E-state index contributed by atoms with van der Waals surface area (Å²) in [4.78, 5) is 9.21. The van der Waals surface area contributed by atoms with E-state index in [4.69, 9.17) is 9.72 Å². The smallest absolute Gasteiger partial charge is 0.184 e. The Morgan fingerprint density at radius 2 is 2.03 bits per heavy atom. The number of fused-ring (bicyclic) bond motifs is 2. The lowest BCUT2D eigenvalue weighted by molar-refractivity contribution is 0.116. The Morgan fingerprint density at radius 3 is 2.90 bits per heavy atom. The highest BCUT2D eigenvalue weighted by molar-refractivity contribution is 7.22. The average Bonchev–Trinajstić information content (AvgIpc) is 3.32. The number of imidazole rings is 1. The maximum absolute atomic E-state index is 10.2. The zero-order valence-corrected chi connectivity index (χ0v) is 17.2. The summed E-state index contributed by atoms with van der Waals surface area (Å²) >= 11 is 1.65. The van der Waals surface area contributed by atoms with Crippen LogP contribution in [0.25, 0.3) is 21.3 Å². The van der Waals surface area contributed by atoms with E-state index in [1.165, 1.54) is 5.56 Å². The molecule has 2 N–H and O–H groups in total. The van der Waals surface area contributed by atoms with Gasteiger partial charge in [-0.05, 0) is 42.7 Å². The Bertz CT molecular complexity index is 1150. The van der Waals surface area contributed by atoms with Gasteiger partial charge in [0.1, 0.15) is 5.75 Å². The third-order valence-corrected chi connectivity index (χ3v) is 6.62. The molecule has 2 heterocycles. The van der Waals surface area contributed by atoms with Gasteiger partial charge in [-0.2, -0.15) is 0 Å². The maximum Gasteiger partial charge on any atom is 0.184 e. The van der Waals surface area contributed by atoms with Gasteiger partial charge in [-0.25, -0.2) is 9.97 Å². The number of thiazole rings is 1. The predicted molar refractivity (Wildman–Crippen MR) is 117 cm³/mol. The van der Waals surface area contributed by atoms with Gasteiger partial charge in [0.25, 0.3) is 0 Å². The largest absolute Gasteiger partial charge is 0.497 e. The highest BCUT2D eigenvalue weighted by atomic mass is 32.1. The number of hydrogen-bond acceptors (Lipinski definition) is 6. The minimum absolute atomic E-state index is 0.107. The van der Waals surface area contributed by atoms with Crippen LogP contribution in [0, 0.1) is 0 Å². The van der Waals surface area contributed by atoms with Crippen molar-refractivity contribution in [2.75, 3.05) is 12.4 Å². The second-order valence-electron chi connectivity index (χ2n) is 7.65. The summed E-state index contributed by atoms with van der Waals surface area (Å²) in [6.07, 6.45) is 5.73. The van der Waals surface area contributed by atoms with E-state index in [1.807, 2.05) is 24.5 Å². The van der Waals surface area contributed by atoms with Crippen LogP contribution in [-0.2, 0) is 6.54 Å². The lowest BCUT2D eigenvalue weighted by atomic mass is 9.93. The number of hydrogen-bond donors (Lipinski definition) is 2. The van der Waals surface area contributed by atoms with Crippen molar-refractivity contribution < 1.29 is 9.84 Å². The molecular formula is C22H24N4O2S. The highest BCUT2D eigenvalue weighted by Crippen LogP contribution is 2.30. The SMILES string of the molecule is COc1ccc2ncn(Cc3ccc4nc(N[C@@H]5CCCCC5O)sc4c3)c2c1. The van der Waals surface area contributed by atoms with E-state index in [0.717, 1.165) is 64.4 Å². The van der Waals surface area contributed by atoms with Crippen LogP contribution in [-0.4, -0.2) is 38.9 Å². The summed E-state index contributed by atoms with van der Waals surface area (Å²) in [6, 6.07) is 12.4. The van der Waals surface area contributed by atoms with Gasteiger partial charge in [-0.3, -0.25) is 0 Å². The van der Waals surface area contributed by atoms with Crippen LogP contribution in [0.4, 0.5) is 5.13 Å². The number of aliphatic hydroxyl groups is 1. The van der Waals surface area contributed by atoms with E-state index in [9.17, 15) is 5.11 Å². The zero-order chi connectivity index (χ0) is 19.8. The third kappa shape index (κ3) is 3.68. The summed E-state index contributed by atoms with van der Waals surface area (Å²) < 4.78 is 8.64. The number of nitrogens with zero attached hydrogens (tertiary/aromatic N) is 3. The van der Waals surface area contributed by atoms with Crippen molar-refractivity contribution in [3.8, 4) is 5.75 Å². The van der Waals surface area contributed by atoms with Crippen LogP contribution in [0.5, 0.6) is 5.75 Å². The normalized spacial score (nSPS) is 19.7. The van der Waals surface area contributed by atoms with Gasteiger partial charge in [0.15, 0.2) is 5.13 Å². The van der Waals surface area contributed by atoms with Crippen LogP contribution in [0.1, 0.15) is 31.2 Å². The predicted octanol–water partition coefficient (Wildman–Crippen LogP) is 4.42. The van der Waals surface area contributed by atoms with Gasteiger partial charge >= 0.3 is 0 Å². The van der Waals surface area contributed by atoms with Crippen molar-refractivity contribution in [3.05, 3.63) is 48.3 Å². The van der Waals surface area contributed by atoms with E-state index in [1.54, 1.807) is 18.4 Å². The number of benzene rings is 2. The summed E-state index contributed by atoms with van der Waals surface area (Å²) in [7, 11) is 1.68. The molecule has 5 rings (SSSR count). The van der Waals surface area contributed by atoms with Crippen molar-refractivity contribution in [3.63, 3.8) is 0 Å². The van der Waals surface area contributed by atoms with E-state index in [2.05, 4.69) is 33.1 Å². The molecule has 1 aliphatic carbocycles. The van der Waals surface area contributed by atoms with E-state index >= 15 is 0 Å². The zero-order valence-electron chi connectivity index (χ0n) is 16.3. The van der Waals surface area contributed by atoms with E-state index in [-0.39, 0.29) is 12.1 Å². The Kier molecular flexibility index (Phi) is 4.85. The van der Waals surface area contributed by atoms with Crippen LogP contribution in [0.15, 0.2) is 42.7 Å². The third-order valence-electron chi connectivity index (χ3n) is 5.67. The Hall–Kier alpha value is -2.64. The van der Waals surface area contributed by atoms with Crippen molar-refractivity contribution in [2.24, 2.45) is 0 Å². The van der Waals surface area contributed by atoms with Gasteiger partial charge in [-0.1, -0.05) is 30.2 Å². The fourth-order valence-electron chi connectivity index (χ4n) is 4.05. The van der Waals surface area contributed by atoms with E-state index < -0.39 is 0 Å². The molecule has 4 aromatic rings. The first-order valence-corrected chi connectivity index (χ1v) is 10.8. The molecule has 7 heteroatoms. The summed E-state index contributed by atoms with van der Waals surface area (Å²) in [5, 5.41) is 14.6. The van der Waals surface area contributed by atoms with Gasteiger partial charge in [0, 0.05) is 12.6 Å². The summed E-state index contributed by atoms with van der Waals surface area (Å²) in [6.45, 7) is 0.738. The first-order chi connectivity index (χ1) is 14.2. The molecule has 150 valence electrons. The van der Waals surface area contributed by atoms with Crippen LogP contribution in [0.2, 0.25) is 0 Å². The molecule has 29 heavy (non-hydrogen) atoms. The monoisotopic (exact) mass is 408 g/mol. The van der Waals surface area contributed by atoms with Crippen LogP contribution >= 0.6 is 11.3 Å². The molecule has 0 bridgehead atoms. The molecule has 1 saturated carbocycles. The van der Waals surface area contributed by atoms with Gasteiger partial charge < -0.3 is 19.7 Å². The van der Waals surface area contributed by atoms with Crippen LogP contribution < -0.4 is 10.1 Å². The number of ether oxygens (including phenoxy) is 1. The van der Waals surface area contributed by atoms with Crippen molar-refractivity contribution in [1.29, 1.82) is 0 Å². The van der Waals surface area contributed by atoms with Gasteiger partial charge in [-0.15, -0.1) is 0 Å². The molecular weight excluding hydrogens is 384 g/mol. The Morgan fingerprint density at radius 1 is 1.17 bits per heavy atom. The first kappa shape index (κ1) is 18.4. The number of aromatic nitrogens is 3.